The minimum atomic E-state index is -1.57. The molecule has 0 aromatic heterocycles. The third-order valence-corrected chi connectivity index (χ3v) is 15.6. The Bertz CT molecular complexity index is 2230. The van der Waals surface area contributed by atoms with Gasteiger partial charge in [-0.15, -0.1) is 0 Å². The zero-order valence-corrected chi connectivity index (χ0v) is 67.7. The highest BCUT2D eigenvalue weighted by molar-refractivity contribution is 5.82. The maximum atomic E-state index is 15.0. The summed E-state index contributed by atoms with van der Waals surface area (Å²) in [7, 11) is 0. The van der Waals surface area contributed by atoms with Crippen LogP contribution in [0.2, 0.25) is 0 Å². The van der Waals surface area contributed by atoms with Crippen molar-refractivity contribution in [3.63, 3.8) is 0 Å². The smallest absolute Gasteiger partial charge is 0.306 e. The second-order valence-corrected chi connectivity index (χ2v) is 37.5. The molecule has 0 aliphatic carbocycles. The van der Waals surface area contributed by atoms with Gasteiger partial charge in [-0.3, -0.25) is 57.5 Å². The molecule has 0 aliphatic heterocycles. The van der Waals surface area contributed by atoms with E-state index in [4.69, 9.17) is 38.9 Å². The number of ether oxygens (including phenoxy) is 7. The lowest BCUT2D eigenvalue weighted by atomic mass is 9.80. The molecule has 0 rings (SSSR count). The molecule has 3 amide bonds. The predicted octanol–water partition coefficient (Wildman–Crippen LogP) is 14.0. The van der Waals surface area contributed by atoms with Crippen molar-refractivity contribution in [3.8, 4) is 0 Å². The summed E-state index contributed by atoms with van der Waals surface area (Å²) < 4.78 is 39.9. The van der Waals surface area contributed by atoms with Crippen LogP contribution < -0.4 is 21.7 Å². The fraction of sp³-hybridized carbons (Fsp3) is 0.846. The molecular weight excluding hydrogens is 1300 g/mol. The first-order valence-corrected chi connectivity index (χ1v) is 36.5. The number of hydrogen-bond acceptors (Lipinski definition) is 20. The van der Waals surface area contributed by atoms with Crippen molar-refractivity contribution >= 4 is 71.1 Å². The molecule has 0 atom stereocenters. The molecule has 5 N–H and O–H groups in total. The molecule has 23 nitrogen and oxygen atoms in total. The predicted molar refractivity (Wildman–Crippen MR) is 389 cm³/mol. The molecule has 0 unspecified atom stereocenters. The number of ketones is 2. The first-order valence-electron chi connectivity index (χ1n) is 36.5. The number of esters is 7. The summed E-state index contributed by atoms with van der Waals surface area (Å²) >= 11 is 0. The number of carbonyl (C=O) groups excluding carboxylic acids is 12. The van der Waals surface area contributed by atoms with Crippen LogP contribution in [-0.2, 0) is 90.7 Å². The van der Waals surface area contributed by atoms with Gasteiger partial charge in [-0.1, -0.05) is 41.5 Å². The molecule has 0 saturated carbocycles. The van der Waals surface area contributed by atoms with Crippen LogP contribution in [0.4, 0.5) is 0 Å². The zero-order valence-electron chi connectivity index (χ0n) is 67.7. The summed E-state index contributed by atoms with van der Waals surface area (Å²) in [6, 6.07) is 0. The van der Waals surface area contributed by atoms with Crippen LogP contribution in [-0.4, -0.2) is 132 Å². The van der Waals surface area contributed by atoms with Crippen molar-refractivity contribution in [3.05, 3.63) is 0 Å². The number of carbonyl (C=O) groups is 12. The van der Waals surface area contributed by atoms with E-state index in [1.54, 1.807) is 145 Å². The summed E-state index contributed by atoms with van der Waals surface area (Å²) in [6.07, 6.45) is -3.28. The Labute approximate surface area is 607 Å². The molecule has 0 aromatic rings. The zero-order chi connectivity index (χ0) is 78.9. The molecule has 0 fully saturated rings. The molecule has 23 heteroatoms. The lowest BCUT2D eigenvalue weighted by Gasteiger charge is -2.38. The molecule has 0 heterocycles. The van der Waals surface area contributed by atoms with E-state index in [2.05, 4.69) is 16.0 Å². The van der Waals surface area contributed by atoms with E-state index in [0.29, 0.717) is 0 Å². The second kappa shape index (κ2) is 39.2. The average Bonchev–Trinajstić information content (AvgIpc) is 0.842. The molecule has 0 bridgehead atoms. The molecule has 0 spiro atoms. The highest BCUT2D eigenvalue weighted by atomic mass is 16.6. The van der Waals surface area contributed by atoms with Crippen molar-refractivity contribution < 1.29 is 90.7 Å². The molecular formula is C78H138N4O19. The minimum absolute atomic E-state index is 0.0241. The Morgan fingerprint density at radius 2 is 0.376 bits per heavy atom. The first kappa shape index (κ1) is 95.0. The van der Waals surface area contributed by atoms with E-state index in [-0.39, 0.29) is 189 Å². The van der Waals surface area contributed by atoms with E-state index >= 15 is 9.59 Å². The number of amides is 3. The van der Waals surface area contributed by atoms with Gasteiger partial charge in [-0.25, -0.2) is 0 Å². The van der Waals surface area contributed by atoms with E-state index in [1.807, 2.05) is 41.5 Å². The second-order valence-electron chi connectivity index (χ2n) is 37.5. The van der Waals surface area contributed by atoms with Crippen LogP contribution in [0.25, 0.3) is 0 Å². The normalized spacial score (nSPS) is 13.3. The van der Waals surface area contributed by atoms with Gasteiger partial charge in [0.05, 0.1) is 0 Å². The van der Waals surface area contributed by atoms with Gasteiger partial charge in [-0.05, 0) is 233 Å². The van der Waals surface area contributed by atoms with Gasteiger partial charge in [-0.2, -0.15) is 0 Å². The van der Waals surface area contributed by atoms with Crippen molar-refractivity contribution in [1.82, 2.24) is 16.0 Å². The van der Waals surface area contributed by atoms with E-state index < -0.39 is 121 Å². The molecule has 0 aliphatic rings. The van der Waals surface area contributed by atoms with Crippen molar-refractivity contribution in [1.29, 1.82) is 0 Å². The van der Waals surface area contributed by atoms with Crippen LogP contribution in [0.1, 0.15) is 354 Å². The van der Waals surface area contributed by atoms with Crippen LogP contribution in [0.15, 0.2) is 0 Å². The third kappa shape index (κ3) is 50.1. The third-order valence-electron chi connectivity index (χ3n) is 15.6. The maximum Gasteiger partial charge on any atom is 0.306 e. The molecule has 584 valence electrons. The quantitative estimate of drug-likeness (QED) is 0.0326. The highest BCUT2D eigenvalue weighted by Gasteiger charge is 2.41. The minimum Gasteiger partial charge on any atom is -0.460 e. The Hall–Kier alpha value is -6.00. The van der Waals surface area contributed by atoms with Gasteiger partial charge in [0.15, 0.2) is 0 Å². The topological polar surface area (TPSA) is 332 Å². The lowest BCUT2D eigenvalue weighted by molar-refractivity contribution is -0.158. The van der Waals surface area contributed by atoms with Gasteiger partial charge in [0.2, 0.25) is 17.7 Å². The van der Waals surface area contributed by atoms with Crippen LogP contribution in [0.5, 0.6) is 0 Å². The number of hydrogen-bond donors (Lipinski definition) is 4. The van der Waals surface area contributed by atoms with Gasteiger partial charge >= 0.3 is 41.8 Å². The van der Waals surface area contributed by atoms with Gasteiger partial charge in [0.1, 0.15) is 50.8 Å². The molecule has 0 radical (unpaired) electrons. The molecule has 0 aromatic carbocycles. The van der Waals surface area contributed by atoms with Gasteiger partial charge in [0.25, 0.3) is 0 Å². The number of nitrogens with two attached hydrogens (primary N) is 1. The summed E-state index contributed by atoms with van der Waals surface area (Å²) in [5.74, 6) is -6.16. The summed E-state index contributed by atoms with van der Waals surface area (Å²) in [5, 5.41) is 9.36. The van der Waals surface area contributed by atoms with E-state index in [9.17, 15) is 47.9 Å². The lowest BCUT2D eigenvalue weighted by Crippen LogP contribution is -2.52. The van der Waals surface area contributed by atoms with Crippen molar-refractivity contribution in [2.45, 2.75) is 415 Å². The average molecular weight is 1440 g/mol. The first-order chi connectivity index (χ1) is 45.2. The number of nitrogens with one attached hydrogen (secondary N) is 3. The standard InChI is InChI=1S/C78H138N4O19/c1-66(2,3)52-54(83)28-43-76(45-33-59(88)95-68(7,8)9,46-34-60(89)96-69(10,11)12)80-56(85)30-40-75(79,41-31-57(86)81-77(44-29-55(84)53-67(4,5)6,47-35-61(90)97-70(13,14)15)48-36-62(91)98-71(16,17)18)42-32-58(87)82-78(49-37-63(92)99-72(19,20)21,50-38-64(93)100-73(22,23)24)51-39-65(94)101-74(25,26)27/h28-53,79H2,1-27H3,(H,80,85)(H,81,86)(H,82,87). The van der Waals surface area contributed by atoms with Crippen LogP contribution >= 0.6 is 0 Å². The fourth-order valence-corrected chi connectivity index (χ4v) is 11.5. The van der Waals surface area contributed by atoms with Gasteiger partial charge in [0, 0.05) is 112 Å². The number of rotatable bonds is 41. The monoisotopic (exact) mass is 1430 g/mol. The highest BCUT2D eigenvalue weighted by Crippen LogP contribution is 2.35. The SMILES string of the molecule is CC(C)(C)CC(=O)CCC(CCC(=O)OC(C)(C)C)(CCC(=O)OC(C)(C)C)NC(=O)CCC(N)(CCC(=O)NC(CCC(=O)CC(C)(C)C)(CCC(=O)OC(C)(C)C)CCC(=O)OC(C)(C)C)CCC(=O)NC(CCC(=O)OC(C)(C)C)(CCC(=O)OC(C)(C)C)CCC(=O)OC(C)(C)C. The van der Waals surface area contributed by atoms with Crippen LogP contribution in [0, 0.1) is 10.8 Å². The Morgan fingerprint density at radius 1 is 0.228 bits per heavy atom. The summed E-state index contributed by atoms with van der Waals surface area (Å²) in [5.41, 5.74) is -5.14. The Morgan fingerprint density at radius 3 is 0.515 bits per heavy atom. The molecule has 0 saturated heterocycles. The Kier molecular flexibility index (Phi) is 36.9. The fourth-order valence-electron chi connectivity index (χ4n) is 11.5. The Balaban J connectivity index is 8.47. The summed E-state index contributed by atoms with van der Waals surface area (Å²) in [4.78, 5) is 167. The van der Waals surface area contributed by atoms with Crippen molar-refractivity contribution in [2.75, 3.05) is 0 Å². The summed E-state index contributed by atoms with van der Waals surface area (Å²) in [6.45, 7) is 47.5. The van der Waals surface area contributed by atoms with E-state index in [1.165, 1.54) is 0 Å². The van der Waals surface area contributed by atoms with Crippen LogP contribution in [0.3, 0.4) is 0 Å². The van der Waals surface area contributed by atoms with Gasteiger partial charge < -0.3 is 54.8 Å². The van der Waals surface area contributed by atoms with E-state index in [0.717, 1.165) is 0 Å². The molecule has 101 heavy (non-hydrogen) atoms. The maximum absolute atomic E-state index is 15.0. The largest absolute Gasteiger partial charge is 0.460 e. The van der Waals surface area contributed by atoms with Crippen molar-refractivity contribution in [2.24, 2.45) is 16.6 Å². The number of Topliss-reactive ketones (excluding diaryl/α,β-unsaturated/α-hetero) is 2.